The summed E-state index contributed by atoms with van der Waals surface area (Å²) in [5.41, 5.74) is 2.26. The van der Waals surface area contributed by atoms with Crippen LogP contribution in [0.4, 0.5) is 0 Å². The predicted molar refractivity (Wildman–Crippen MR) is 82.8 cm³/mol. The molecule has 23 heavy (non-hydrogen) atoms. The molecule has 0 aromatic carbocycles. The molecule has 1 amide bonds. The van der Waals surface area contributed by atoms with Crippen molar-refractivity contribution in [2.24, 2.45) is 0 Å². The number of aromatic nitrogens is 4. The van der Waals surface area contributed by atoms with Crippen LogP contribution >= 0.6 is 0 Å². The lowest BCUT2D eigenvalue weighted by Gasteiger charge is -2.35. The van der Waals surface area contributed by atoms with Gasteiger partial charge in [0, 0.05) is 31.3 Å². The van der Waals surface area contributed by atoms with Crippen LogP contribution in [0.3, 0.4) is 0 Å². The summed E-state index contributed by atoms with van der Waals surface area (Å²) in [6.45, 7) is 3.60. The Morgan fingerprint density at radius 2 is 2.09 bits per heavy atom. The molecule has 7 heteroatoms. The Hall–Kier alpha value is -2.41. The number of hydrogen-bond donors (Lipinski definition) is 0. The maximum atomic E-state index is 12.6. The molecule has 0 aliphatic carbocycles. The van der Waals surface area contributed by atoms with E-state index >= 15 is 0 Å². The minimum absolute atomic E-state index is 0.0136. The summed E-state index contributed by atoms with van der Waals surface area (Å²) in [7, 11) is 0. The molecule has 1 fully saturated rings. The summed E-state index contributed by atoms with van der Waals surface area (Å²) in [5.74, 6) is -0.0951. The number of nitrogens with zero attached hydrogens (tertiary/aromatic N) is 5. The lowest BCUT2D eigenvalue weighted by atomic mass is 10.1. The average molecular weight is 313 g/mol. The number of aryl methyl sites for hydroxylation is 2. The second kappa shape index (κ2) is 7.23. The molecular weight excluding hydrogens is 294 g/mol. The van der Waals surface area contributed by atoms with Gasteiger partial charge in [0.25, 0.3) is 5.91 Å². The van der Waals surface area contributed by atoms with Crippen molar-refractivity contribution in [3.63, 3.8) is 0 Å². The standard InChI is InChI=1S/C16H19N5O2/c1-12-14(19-7-6-18-12)3-2-13-11-23-9-8-21(13)16(22)15-10-17-4-5-20-15/h4-7,10,13H,2-3,8-9,11H2,1H3. The fraction of sp³-hybridized carbons (Fsp3) is 0.438. The highest BCUT2D eigenvalue weighted by Gasteiger charge is 2.28. The number of ether oxygens (including phenoxy) is 1. The first-order valence-electron chi connectivity index (χ1n) is 7.67. The zero-order valence-electron chi connectivity index (χ0n) is 13.1. The predicted octanol–water partition coefficient (Wildman–Crippen LogP) is 1.05. The van der Waals surface area contributed by atoms with E-state index in [2.05, 4.69) is 19.9 Å². The van der Waals surface area contributed by atoms with Gasteiger partial charge in [-0.3, -0.25) is 19.7 Å². The average Bonchev–Trinajstić information content (AvgIpc) is 2.61. The van der Waals surface area contributed by atoms with E-state index in [1.165, 1.54) is 12.4 Å². The molecule has 120 valence electrons. The Morgan fingerprint density at radius 3 is 2.87 bits per heavy atom. The van der Waals surface area contributed by atoms with Crippen LogP contribution in [0.15, 0.2) is 31.0 Å². The molecule has 1 atom stereocenters. The van der Waals surface area contributed by atoms with Gasteiger partial charge in [0.1, 0.15) is 5.69 Å². The largest absolute Gasteiger partial charge is 0.377 e. The maximum absolute atomic E-state index is 12.6. The molecule has 3 rings (SSSR count). The van der Waals surface area contributed by atoms with Crippen LogP contribution in [-0.2, 0) is 11.2 Å². The van der Waals surface area contributed by atoms with Gasteiger partial charge < -0.3 is 9.64 Å². The van der Waals surface area contributed by atoms with Gasteiger partial charge in [-0.25, -0.2) is 4.98 Å². The van der Waals surface area contributed by atoms with E-state index in [-0.39, 0.29) is 11.9 Å². The summed E-state index contributed by atoms with van der Waals surface area (Å²) in [5, 5.41) is 0. The van der Waals surface area contributed by atoms with Gasteiger partial charge >= 0.3 is 0 Å². The molecule has 0 radical (unpaired) electrons. The molecule has 0 spiro atoms. The zero-order valence-corrected chi connectivity index (χ0v) is 13.1. The second-order valence-corrected chi connectivity index (χ2v) is 5.45. The topological polar surface area (TPSA) is 81.1 Å². The normalized spacial score (nSPS) is 18.0. The van der Waals surface area contributed by atoms with Gasteiger partial charge in [-0.15, -0.1) is 0 Å². The fourth-order valence-corrected chi connectivity index (χ4v) is 2.70. The van der Waals surface area contributed by atoms with Crippen LogP contribution in [0.25, 0.3) is 0 Å². The van der Waals surface area contributed by atoms with E-state index in [0.29, 0.717) is 25.5 Å². The lowest BCUT2D eigenvalue weighted by Crippen LogP contribution is -2.49. The van der Waals surface area contributed by atoms with Crippen molar-refractivity contribution in [2.45, 2.75) is 25.8 Å². The van der Waals surface area contributed by atoms with Gasteiger partial charge in [0.15, 0.2) is 0 Å². The number of rotatable bonds is 4. The van der Waals surface area contributed by atoms with Crippen LogP contribution in [0.2, 0.25) is 0 Å². The third-order valence-electron chi connectivity index (χ3n) is 3.97. The number of amides is 1. The first kappa shape index (κ1) is 15.5. The minimum Gasteiger partial charge on any atom is -0.377 e. The molecule has 3 heterocycles. The third kappa shape index (κ3) is 3.68. The van der Waals surface area contributed by atoms with Crippen molar-refractivity contribution in [2.75, 3.05) is 19.8 Å². The fourth-order valence-electron chi connectivity index (χ4n) is 2.70. The highest BCUT2D eigenvalue weighted by atomic mass is 16.5. The highest BCUT2D eigenvalue weighted by Crippen LogP contribution is 2.16. The smallest absolute Gasteiger partial charge is 0.274 e. The first-order valence-corrected chi connectivity index (χ1v) is 7.67. The summed E-state index contributed by atoms with van der Waals surface area (Å²) in [6.07, 6.45) is 9.52. The molecule has 0 saturated carbocycles. The van der Waals surface area contributed by atoms with Crippen LogP contribution < -0.4 is 0 Å². The van der Waals surface area contributed by atoms with Crippen molar-refractivity contribution in [3.8, 4) is 0 Å². The Morgan fingerprint density at radius 1 is 1.26 bits per heavy atom. The Labute approximate surface area is 134 Å². The molecule has 7 nitrogen and oxygen atoms in total. The maximum Gasteiger partial charge on any atom is 0.274 e. The Balaban J connectivity index is 1.69. The molecule has 0 bridgehead atoms. The number of carbonyl (C=O) groups excluding carboxylic acids is 1. The minimum atomic E-state index is -0.0951. The van der Waals surface area contributed by atoms with Gasteiger partial charge in [0.2, 0.25) is 0 Å². The zero-order chi connectivity index (χ0) is 16.1. The van der Waals surface area contributed by atoms with E-state index in [4.69, 9.17) is 4.74 Å². The second-order valence-electron chi connectivity index (χ2n) is 5.45. The number of carbonyl (C=O) groups is 1. The van der Waals surface area contributed by atoms with Crippen LogP contribution in [0.1, 0.15) is 28.3 Å². The highest BCUT2D eigenvalue weighted by molar-refractivity contribution is 5.92. The molecule has 1 unspecified atom stereocenters. The first-order chi connectivity index (χ1) is 11.3. The molecule has 2 aromatic rings. The van der Waals surface area contributed by atoms with Crippen molar-refractivity contribution < 1.29 is 9.53 Å². The third-order valence-corrected chi connectivity index (χ3v) is 3.97. The van der Waals surface area contributed by atoms with E-state index in [0.717, 1.165) is 24.2 Å². The summed E-state index contributed by atoms with van der Waals surface area (Å²) >= 11 is 0. The quantitative estimate of drug-likeness (QED) is 0.839. The molecule has 1 saturated heterocycles. The van der Waals surface area contributed by atoms with E-state index in [9.17, 15) is 4.79 Å². The van der Waals surface area contributed by atoms with Gasteiger partial charge in [0.05, 0.1) is 36.8 Å². The lowest BCUT2D eigenvalue weighted by molar-refractivity contribution is -0.00447. The van der Waals surface area contributed by atoms with E-state index in [1.54, 1.807) is 18.6 Å². The monoisotopic (exact) mass is 313 g/mol. The molecule has 0 N–H and O–H groups in total. The molecule has 1 aliphatic heterocycles. The van der Waals surface area contributed by atoms with E-state index in [1.807, 2.05) is 11.8 Å². The van der Waals surface area contributed by atoms with Crippen LogP contribution in [0, 0.1) is 6.92 Å². The van der Waals surface area contributed by atoms with Gasteiger partial charge in [-0.05, 0) is 19.8 Å². The SMILES string of the molecule is Cc1nccnc1CCC1COCCN1C(=O)c1cnccn1. The van der Waals surface area contributed by atoms with Crippen molar-refractivity contribution in [1.82, 2.24) is 24.8 Å². The molecule has 1 aliphatic rings. The number of morpholine rings is 1. The molecule has 2 aromatic heterocycles. The van der Waals surface area contributed by atoms with E-state index < -0.39 is 0 Å². The summed E-state index contributed by atoms with van der Waals surface area (Å²) < 4.78 is 5.55. The summed E-state index contributed by atoms with van der Waals surface area (Å²) in [4.78, 5) is 31.1. The Kier molecular flexibility index (Phi) is 4.87. The van der Waals surface area contributed by atoms with Gasteiger partial charge in [-0.2, -0.15) is 0 Å². The van der Waals surface area contributed by atoms with Gasteiger partial charge in [-0.1, -0.05) is 0 Å². The molecular formula is C16H19N5O2. The van der Waals surface area contributed by atoms with Crippen molar-refractivity contribution in [1.29, 1.82) is 0 Å². The number of hydrogen-bond acceptors (Lipinski definition) is 6. The van der Waals surface area contributed by atoms with Crippen molar-refractivity contribution >= 4 is 5.91 Å². The van der Waals surface area contributed by atoms with Crippen molar-refractivity contribution in [3.05, 3.63) is 48.1 Å². The Bertz CT molecular complexity index is 665. The van der Waals surface area contributed by atoms with Crippen LogP contribution in [-0.4, -0.2) is 56.5 Å². The summed E-state index contributed by atoms with van der Waals surface area (Å²) in [6, 6.07) is 0.0136. The van der Waals surface area contributed by atoms with Crippen LogP contribution in [0.5, 0.6) is 0 Å².